The second kappa shape index (κ2) is 9.79. The van der Waals surface area contributed by atoms with Crippen molar-refractivity contribution >= 4 is 28.3 Å². The number of para-hydroxylation sites is 3. The average Bonchev–Trinajstić information content (AvgIpc) is 3.42. The topological polar surface area (TPSA) is 56.1 Å². The van der Waals surface area contributed by atoms with E-state index >= 15 is 0 Å². The largest absolute Gasteiger partial charge is 0.491 e. The van der Waals surface area contributed by atoms with Gasteiger partial charge in [0.1, 0.15) is 18.2 Å². The fourth-order valence-electron chi connectivity index (χ4n) is 3.77. The predicted molar refractivity (Wildman–Crippen MR) is 126 cm³/mol. The summed E-state index contributed by atoms with van der Waals surface area (Å²) in [6.45, 7) is 6.08. The highest BCUT2D eigenvalue weighted by Gasteiger charge is 2.12. The molecular weight excluding hydrogens is 406 g/mol. The van der Waals surface area contributed by atoms with Crippen LogP contribution in [-0.2, 0) is 13.0 Å². The second-order valence-corrected chi connectivity index (χ2v) is 8.52. The molecule has 0 aliphatic heterocycles. The van der Waals surface area contributed by atoms with Gasteiger partial charge in [0.25, 0.3) is 5.91 Å². The van der Waals surface area contributed by atoms with Crippen molar-refractivity contribution in [2.24, 2.45) is 0 Å². The molecule has 2 heterocycles. The number of thiophene rings is 1. The number of aryl methyl sites for hydroxylation is 3. The lowest BCUT2D eigenvalue weighted by molar-refractivity contribution is 0.0957. The van der Waals surface area contributed by atoms with Crippen LogP contribution in [-0.4, -0.2) is 28.6 Å². The zero-order valence-electron chi connectivity index (χ0n) is 17.9. The van der Waals surface area contributed by atoms with Gasteiger partial charge in [0.2, 0.25) is 0 Å². The Morgan fingerprint density at radius 1 is 1.06 bits per heavy atom. The number of hydrogen-bond acceptors (Lipinski definition) is 4. The highest BCUT2D eigenvalue weighted by molar-refractivity contribution is 7.12. The van der Waals surface area contributed by atoms with Crippen LogP contribution in [0.25, 0.3) is 11.0 Å². The average molecular weight is 434 g/mol. The molecule has 0 radical (unpaired) electrons. The fraction of sp³-hybridized carbons (Fsp3) is 0.280. The molecule has 31 heavy (non-hydrogen) atoms. The SMILES string of the molecule is Cc1cccc(C)c1OCCn1c(CCCNC(=O)c2cccs2)nc2ccccc21. The number of fused-ring (bicyclic) bond motifs is 1. The summed E-state index contributed by atoms with van der Waals surface area (Å²) in [5.41, 5.74) is 4.41. The molecule has 0 spiro atoms. The monoisotopic (exact) mass is 433 g/mol. The summed E-state index contributed by atoms with van der Waals surface area (Å²) in [5, 5.41) is 4.91. The van der Waals surface area contributed by atoms with Crippen molar-refractivity contribution in [1.82, 2.24) is 14.9 Å². The number of amides is 1. The molecule has 2 aromatic heterocycles. The third kappa shape index (κ3) is 4.97. The number of benzene rings is 2. The zero-order valence-corrected chi connectivity index (χ0v) is 18.7. The Labute approximate surface area is 186 Å². The fourth-order valence-corrected chi connectivity index (χ4v) is 4.41. The number of carbonyl (C=O) groups excluding carboxylic acids is 1. The maximum atomic E-state index is 12.1. The molecule has 1 N–H and O–H groups in total. The smallest absolute Gasteiger partial charge is 0.261 e. The first-order valence-corrected chi connectivity index (χ1v) is 11.5. The van der Waals surface area contributed by atoms with Gasteiger partial charge in [-0.25, -0.2) is 4.98 Å². The van der Waals surface area contributed by atoms with Crippen LogP contribution in [0.4, 0.5) is 0 Å². The normalized spacial score (nSPS) is 11.0. The van der Waals surface area contributed by atoms with Crippen molar-refractivity contribution in [3.05, 3.63) is 81.8 Å². The first-order chi connectivity index (χ1) is 15.1. The zero-order chi connectivity index (χ0) is 21.6. The third-order valence-electron chi connectivity index (χ3n) is 5.31. The van der Waals surface area contributed by atoms with E-state index in [4.69, 9.17) is 9.72 Å². The quantitative estimate of drug-likeness (QED) is 0.371. The van der Waals surface area contributed by atoms with Crippen molar-refractivity contribution in [3.63, 3.8) is 0 Å². The van der Waals surface area contributed by atoms with E-state index in [9.17, 15) is 4.79 Å². The number of imidazole rings is 1. The molecule has 6 heteroatoms. The Morgan fingerprint density at radius 2 is 1.87 bits per heavy atom. The minimum atomic E-state index is -0.00879. The van der Waals surface area contributed by atoms with Gasteiger partial charge in [-0.15, -0.1) is 11.3 Å². The summed E-state index contributed by atoms with van der Waals surface area (Å²) in [6, 6.07) is 18.1. The van der Waals surface area contributed by atoms with Gasteiger partial charge in [-0.2, -0.15) is 0 Å². The van der Waals surface area contributed by atoms with Gasteiger partial charge < -0.3 is 14.6 Å². The lowest BCUT2D eigenvalue weighted by Crippen LogP contribution is -2.24. The number of nitrogens with one attached hydrogen (secondary N) is 1. The number of hydrogen-bond donors (Lipinski definition) is 1. The summed E-state index contributed by atoms with van der Waals surface area (Å²) in [6.07, 6.45) is 1.63. The summed E-state index contributed by atoms with van der Waals surface area (Å²) < 4.78 is 8.38. The Kier molecular flexibility index (Phi) is 6.67. The third-order valence-corrected chi connectivity index (χ3v) is 6.18. The molecule has 5 nitrogen and oxygen atoms in total. The van der Waals surface area contributed by atoms with Gasteiger partial charge in [0.15, 0.2) is 0 Å². The van der Waals surface area contributed by atoms with Gasteiger partial charge in [0, 0.05) is 13.0 Å². The first kappa shape index (κ1) is 21.1. The van der Waals surface area contributed by atoms with Crippen LogP contribution in [0.15, 0.2) is 60.0 Å². The molecule has 4 aromatic rings. The minimum absolute atomic E-state index is 0.00879. The molecule has 0 saturated carbocycles. The van der Waals surface area contributed by atoms with Crippen molar-refractivity contribution < 1.29 is 9.53 Å². The first-order valence-electron chi connectivity index (χ1n) is 10.6. The van der Waals surface area contributed by atoms with Crippen LogP contribution in [0.5, 0.6) is 5.75 Å². The number of carbonyl (C=O) groups is 1. The number of rotatable bonds is 9. The summed E-state index contributed by atoms with van der Waals surface area (Å²) in [4.78, 5) is 17.7. The Morgan fingerprint density at radius 3 is 2.65 bits per heavy atom. The minimum Gasteiger partial charge on any atom is -0.491 e. The molecule has 0 atom stereocenters. The maximum absolute atomic E-state index is 12.1. The van der Waals surface area contributed by atoms with E-state index in [-0.39, 0.29) is 5.91 Å². The van der Waals surface area contributed by atoms with E-state index in [1.807, 2.05) is 35.7 Å². The lowest BCUT2D eigenvalue weighted by Gasteiger charge is -2.14. The Bertz CT molecular complexity index is 1140. The van der Waals surface area contributed by atoms with Gasteiger partial charge in [-0.1, -0.05) is 36.4 Å². The number of ether oxygens (including phenoxy) is 1. The molecular formula is C25H27N3O2S. The molecule has 1 amide bonds. The number of aromatic nitrogens is 2. The molecule has 0 fully saturated rings. The summed E-state index contributed by atoms with van der Waals surface area (Å²) in [5.74, 6) is 1.98. The Hall–Kier alpha value is -3.12. The molecule has 0 saturated heterocycles. The second-order valence-electron chi connectivity index (χ2n) is 7.57. The van der Waals surface area contributed by atoms with Crippen molar-refractivity contribution in [2.75, 3.05) is 13.2 Å². The molecule has 0 unspecified atom stereocenters. The van der Waals surface area contributed by atoms with Crippen LogP contribution in [0.3, 0.4) is 0 Å². The predicted octanol–water partition coefficient (Wildman–Crippen LogP) is 5.16. The number of nitrogens with zero attached hydrogens (tertiary/aromatic N) is 2. The summed E-state index contributed by atoms with van der Waals surface area (Å²) in [7, 11) is 0. The van der Waals surface area contributed by atoms with E-state index in [0.29, 0.717) is 13.2 Å². The van der Waals surface area contributed by atoms with Gasteiger partial charge >= 0.3 is 0 Å². The van der Waals surface area contributed by atoms with Crippen LogP contribution in [0.1, 0.15) is 33.0 Å². The van der Waals surface area contributed by atoms with Gasteiger partial charge in [0.05, 0.1) is 22.5 Å². The van der Waals surface area contributed by atoms with E-state index < -0.39 is 0 Å². The van der Waals surface area contributed by atoms with E-state index in [1.165, 1.54) is 11.3 Å². The van der Waals surface area contributed by atoms with Crippen molar-refractivity contribution in [3.8, 4) is 5.75 Å². The van der Waals surface area contributed by atoms with E-state index in [1.54, 1.807) is 0 Å². The standard InChI is InChI=1S/C25H27N3O2S/c1-18-8-5-9-19(2)24(18)30-16-15-28-21-11-4-3-10-20(21)27-23(28)13-6-14-26-25(29)22-12-7-17-31-22/h3-5,7-12,17H,6,13-16H2,1-2H3,(H,26,29). The van der Waals surface area contributed by atoms with E-state index in [2.05, 4.69) is 48.0 Å². The van der Waals surface area contributed by atoms with Crippen LogP contribution in [0.2, 0.25) is 0 Å². The molecule has 160 valence electrons. The molecule has 2 aromatic carbocycles. The van der Waals surface area contributed by atoms with Crippen molar-refractivity contribution in [2.45, 2.75) is 33.2 Å². The lowest BCUT2D eigenvalue weighted by atomic mass is 10.1. The highest BCUT2D eigenvalue weighted by atomic mass is 32.1. The van der Waals surface area contributed by atoms with E-state index in [0.717, 1.165) is 58.0 Å². The maximum Gasteiger partial charge on any atom is 0.261 e. The molecule has 4 rings (SSSR count). The molecule has 0 aliphatic rings. The van der Waals surface area contributed by atoms with Gasteiger partial charge in [-0.05, 0) is 55.0 Å². The molecule has 0 aliphatic carbocycles. The summed E-state index contributed by atoms with van der Waals surface area (Å²) >= 11 is 1.46. The highest BCUT2D eigenvalue weighted by Crippen LogP contribution is 2.23. The van der Waals surface area contributed by atoms with Crippen LogP contribution >= 0.6 is 11.3 Å². The molecule has 0 bridgehead atoms. The van der Waals surface area contributed by atoms with Crippen LogP contribution < -0.4 is 10.1 Å². The van der Waals surface area contributed by atoms with Gasteiger partial charge in [-0.3, -0.25) is 4.79 Å². The Balaban J connectivity index is 1.40. The van der Waals surface area contributed by atoms with Crippen molar-refractivity contribution in [1.29, 1.82) is 0 Å². The van der Waals surface area contributed by atoms with Crippen LogP contribution in [0, 0.1) is 13.8 Å².